The number of rotatable bonds is 7. The minimum atomic E-state index is -4.66. The van der Waals surface area contributed by atoms with E-state index in [1.54, 1.807) is 4.90 Å². The summed E-state index contributed by atoms with van der Waals surface area (Å²) >= 11 is 0. The molecule has 2 rings (SSSR count). The van der Waals surface area contributed by atoms with Gasteiger partial charge in [0.15, 0.2) is 6.10 Å². The molecule has 1 amide bonds. The van der Waals surface area contributed by atoms with Gasteiger partial charge in [0, 0.05) is 18.5 Å². The topological polar surface area (TPSA) is 79.3 Å². The van der Waals surface area contributed by atoms with Gasteiger partial charge in [-0.05, 0) is 37.6 Å². The van der Waals surface area contributed by atoms with Gasteiger partial charge < -0.3 is 15.4 Å². The first-order chi connectivity index (χ1) is 14.0. The number of carbonyl (C=O) groups excluding carboxylic acids is 1. The number of nitrogens with zero attached hydrogens (tertiary/aromatic N) is 2. The van der Waals surface area contributed by atoms with Gasteiger partial charge in [0.2, 0.25) is 0 Å². The highest BCUT2D eigenvalue weighted by Crippen LogP contribution is 2.37. The van der Waals surface area contributed by atoms with Crippen molar-refractivity contribution < 1.29 is 22.7 Å². The van der Waals surface area contributed by atoms with Gasteiger partial charge in [-0.2, -0.15) is 18.4 Å². The third kappa shape index (κ3) is 6.91. The Morgan fingerprint density at radius 1 is 1.27 bits per heavy atom. The van der Waals surface area contributed by atoms with Crippen LogP contribution < -0.4 is 10.5 Å². The van der Waals surface area contributed by atoms with E-state index in [9.17, 15) is 18.0 Å². The molecule has 1 aromatic rings. The minimum absolute atomic E-state index is 0.0601. The maximum atomic E-state index is 13.1. The molecular weight excluding hydrogens is 395 g/mol. The summed E-state index contributed by atoms with van der Waals surface area (Å²) in [6.45, 7) is 9.82. The summed E-state index contributed by atoms with van der Waals surface area (Å²) in [7, 11) is 0. The second-order valence-electron chi connectivity index (χ2n) is 8.06. The third-order valence-electron chi connectivity index (χ3n) is 4.85. The van der Waals surface area contributed by atoms with Crippen LogP contribution in [0.4, 0.5) is 13.2 Å². The predicted molar refractivity (Wildman–Crippen MR) is 110 cm³/mol. The molecule has 0 radical (unpaired) electrons. The molecule has 0 spiro atoms. The van der Waals surface area contributed by atoms with E-state index < -0.39 is 28.8 Å². The van der Waals surface area contributed by atoms with Crippen LogP contribution in [0.3, 0.4) is 0 Å². The second-order valence-corrected chi connectivity index (χ2v) is 8.06. The number of amides is 1. The molecule has 0 saturated carbocycles. The number of hydrogen-bond donors (Lipinski definition) is 1. The molecule has 2 N–H and O–H groups in total. The molecule has 5 nitrogen and oxygen atoms in total. The van der Waals surface area contributed by atoms with Gasteiger partial charge in [-0.15, -0.1) is 0 Å². The standard InChI is InChI=1S/C18H21F3N2O2.C4H11N/c1-4-5-8-23-11-17(2,3)15(16(23)24)25-13-7-6-12(10-22)14(9-13)18(19,20)21;1-2-3-4-5/h6-7,9,15H,4-5,8,11H2,1-3H3;2-5H2,1H3. The van der Waals surface area contributed by atoms with Gasteiger partial charge in [0.05, 0.1) is 17.2 Å². The van der Waals surface area contributed by atoms with Gasteiger partial charge in [0.25, 0.3) is 5.91 Å². The first-order valence-corrected chi connectivity index (χ1v) is 10.3. The van der Waals surface area contributed by atoms with Crippen molar-refractivity contribution in [1.29, 1.82) is 5.26 Å². The van der Waals surface area contributed by atoms with Crippen LogP contribution in [0.15, 0.2) is 18.2 Å². The number of carbonyl (C=O) groups is 1. The largest absolute Gasteiger partial charge is 0.480 e. The molecule has 0 bridgehead atoms. The van der Waals surface area contributed by atoms with Crippen molar-refractivity contribution in [3.8, 4) is 11.8 Å². The Kier molecular flexibility index (Phi) is 9.63. The van der Waals surface area contributed by atoms with Crippen LogP contribution >= 0.6 is 0 Å². The van der Waals surface area contributed by atoms with E-state index in [0.29, 0.717) is 13.1 Å². The number of benzene rings is 1. The normalized spacial score (nSPS) is 17.9. The van der Waals surface area contributed by atoms with Gasteiger partial charge >= 0.3 is 6.18 Å². The molecular formula is C22H32F3N3O2. The fraction of sp³-hybridized carbons (Fsp3) is 0.636. The van der Waals surface area contributed by atoms with Crippen molar-refractivity contribution in [2.45, 2.75) is 65.7 Å². The first-order valence-electron chi connectivity index (χ1n) is 10.3. The van der Waals surface area contributed by atoms with Crippen LogP contribution in [-0.4, -0.2) is 36.5 Å². The molecule has 1 aromatic carbocycles. The Morgan fingerprint density at radius 2 is 1.90 bits per heavy atom. The summed E-state index contributed by atoms with van der Waals surface area (Å²) in [5.41, 5.74) is 3.09. The molecule has 0 aromatic heterocycles. The average Bonchev–Trinajstić information content (AvgIpc) is 2.89. The minimum Gasteiger partial charge on any atom is -0.480 e. The highest BCUT2D eigenvalue weighted by atomic mass is 19.4. The van der Waals surface area contributed by atoms with E-state index >= 15 is 0 Å². The number of halogens is 3. The van der Waals surface area contributed by atoms with Crippen molar-refractivity contribution in [2.24, 2.45) is 11.1 Å². The average molecular weight is 428 g/mol. The molecule has 8 heteroatoms. The Balaban J connectivity index is 0.000000804. The van der Waals surface area contributed by atoms with Gasteiger partial charge in [-0.3, -0.25) is 4.79 Å². The smallest absolute Gasteiger partial charge is 0.417 e. The lowest BCUT2D eigenvalue weighted by molar-refractivity contribution is -0.138. The van der Waals surface area contributed by atoms with Crippen LogP contribution in [0, 0.1) is 16.7 Å². The lowest BCUT2D eigenvalue weighted by atomic mass is 9.89. The predicted octanol–water partition coefficient (Wildman–Crippen LogP) is 4.74. The Bertz CT molecular complexity index is 740. The van der Waals surface area contributed by atoms with E-state index in [-0.39, 0.29) is 11.7 Å². The summed E-state index contributed by atoms with van der Waals surface area (Å²) < 4.78 is 44.9. The van der Waals surface area contributed by atoms with E-state index in [1.807, 2.05) is 20.8 Å². The lowest BCUT2D eigenvalue weighted by Crippen LogP contribution is -2.37. The molecule has 1 atom stereocenters. The summed E-state index contributed by atoms with van der Waals surface area (Å²) in [6, 6.07) is 4.68. The molecule has 168 valence electrons. The zero-order valence-electron chi connectivity index (χ0n) is 18.2. The SMILES string of the molecule is CCCCN.CCCCN1CC(C)(C)C(Oc2ccc(C#N)c(C(F)(F)F)c2)C1=O. The molecule has 1 heterocycles. The Morgan fingerprint density at radius 3 is 2.37 bits per heavy atom. The second kappa shape index (κ2) is 11.2. The van der Waals surface area contributed by atoms with E-state index in [1.165, 1.54) is 25.0 Å². The maximum absolute atomic E-state index is 13.1. The van der Waals surface area contributed by atoms with Crippen LogP contribution in [0.2, 0.25) is 0 Å². The van der Waals surface area contributed by atoms with Crippen molar-refractivity contribution in [1.82, 2.24) is 4.90 Å². The molecule has 1 aliphatic rings. The van der Waals surface area contributed by atoms with Crippen LogP contribution in [0.5, 0.6) is 5.75 Å². The van der Waals surface area contributed by atoms with Crippen molar-refractivity contribution in [3.05, 3.63) is 29.3 Å². The van der Waals surface area contributed by atoms with E-state index in [4.69, 9.17) is 15.7 Å². The monoisotopic (exact) mass is 427 g/mol. The van der Waals surface area contributed by atoms with E-state index in [0.717, 1.165) is 31.5 Å². The number of nitrogens with two attached hydrogens (primary N) is 1. The molecule has 1 aliphatic heterocycles. The van der Waals surface area contributed by atoms with Gasteiger partial charge in [0.1, 0.15) is 5.75 Å². The summed E-state index contributed by atoms with van der Waals surface area (Å²) in [6.07, 6.45) is -1.31. The zero-order valence-corrected chi connectivity index (χ0v) is 18.2. The Hall–Kier alpha value is -2.27. The zero-order chi connectivity index (χ0) is 22.9. The first kappa shape index (κ1) is 25.8. The maximum Gasteiger partial charge on any atom is 0.417 e. The molecule has 0 aliphatic carbocycles. The van der Waals surface area contributed by atoms with Crippen molar-refractivity contribution in [2.75, 3.05) is 19.6 Å². The molecule has 1 saturated heterocycles. The fourth-order valence-corrected chi connectivity index (χ4v) is 3.17. The van der Waals surface area contributed by atoms with E-state index in [2.05, 4.69) is 6.92 Å². The Labute approximate surface area is 177 Å². The number of likely N-dealkylation sites (tertiary alicyclic amines) is 1. The number of ether oxygens (including phenoxy) is 1. The molecule has 1 fully saturated rings. The number of nitriles is 1. The highest BCUT2D eigenvalue weighted by molar-refractivity contribution is 5.84. The number of alkyl halides is 3. The third-order valence-corrected chi connectivity index (χ3v) is 4.85. The summed E-state index contributed by atoms with van der Waals surface area (Å²) in [4.78, 5) is 14.3. The van der Waals surface area contributed by atoms with Crippen molar-refractivity contribution in [3.63, 3.8) is 0 Å². The molecule has 30 heavy (non-hydrogen) atoms. The van der Waals surface area contributed by atoms with Crippen molar-refractivity contribution >= 4 is 5.91 Å². The molecule has 1 unspecified atom stereocenters. The summed E-state index contributed by atoms with van der Waals surface area (Å²) in [5, 5.41) is 8.85. The van der Waals surface area contributed by atoms with Crippen LogP contribution in [0.25, 0.3) is 0 Å². The lowest BCUT2D eigenvalue weighted by Gasteiger charge is -2.24. The fourth-order valence-electron chi connectivity index (χ4n) is 3.17. The van der Waals surface area contributed by atoms with Crippen LogP contribution in [0.1, 0.15) is 64.5 Å². The van der Waals surface area contributed by atoms with Crippen LogP contribution in [-0.2, 0) is 11.0 Å². The van der Waals surface area contributed by atoms with Gasteiger partial charge in [-0.25, -0.2) is 0 Å². The van der Waals surface area contributed by atoms with Gasteiger partial charge in [-0.1, -0.05) is 40.5 Å². The summed E-state index contributed by atoms with van der Waals surface area (Å²) in [5.74, 6) is -0.272. The number of hydrogen-bond acceptors (Lipinski definition) is 4. The highest BCUT2D eigenvalue weighted by Gasteiger charge is 2.48. The quantitative estimate of drug-likeness (QED) is 0.682. The number of unbranched alkanes of at least 4 members (excludes halogenated alkanes) is 2.